The van der Waals surface area contributed by atoms with Gasteiger partial charge in [-0.1, -0.05) is 30.3 Å². The van der Waals surface area contributed by atoms with Crippen LogP contribution >= 0.6 is 0 Å². The number of benzene rings is 1. The maximum atomic E-state index is 12.7. The molecule has 0 amide bonds. The summed E-state index contributed by atoms with van der Waals surface area (Å²) in [6.07, 6.45) is 1.78. The smallest absolute Gasteiger partial charge is 0.332 e. The molecule has 9 nitrogen and oxygen atoms in total. The van der Waals surface area contributed by atoms with Crippen molar-refractivity contribution in [2.45, 2.75) is 0 Å². The van der Waals surface area contributed by atoms with Gasteiger partial charge in [-0.3, -0.25) is 28.9 Å². The van der Waals surface area contributed by atoms with Gasteiger partial charge < -0.3 is 5.11 Å². The summed E-state index contributed by atoms with van der Waals surface area (Å²) >= 11 is 0. The Hall–Kier alpha value is -3.33. The normalized spacial score (nSPS) is 13.5. The Morgan fingerprint density at radius 3 is 2.54 bits per heavy atom. The first-order valence-electron chi connectivity index (χ1n) is 8.13. The van der Waals surface area contributed by atoms with E-state index in [1.807, 2.05) is 30.3 Å². The first kappa shape index (κ1) is 16.2. The van der Waals surface area contributed by atoms with Crippen molar-refractivity contribution in [1.29, 1.82) is 0 Å². The van der Waals surface area contributed by atoms with Crippen LogP contribution in [-0.2, 0) is 14.1 Å². The number of anilines is 1. The molecule has 2 aromatic heterocycles. The summed E-state index contributed by atoms with van der Waals surface area (Å²) in [6.45, 7) is 0.164. The lowest BCUT2D eigenvalue weighted by atomic mass is 10.2. The Morgan fingerprint density at radius 2 is 1.85 bits per heavy atom. The molecule has 0 unspecified atom stereocenters. The molecule has 2 N–H and O–H groups in total. The number of rotatable bonds is 3. The zero-order chi connectivity index (χ0) is 18.4. The molecule has 134 valence electrons. The average Bonchev–Trinajstić information content (AvgIpc) is 3.05. The third kappa shape index (κ3) is 2.25. The zero-order valence-corrected chi connectivity index (χ0v) is 14.4. The molecule has 1 aliphatic rings. The van der Waals surface area contributed by atoms with E-state index in [9.17, 15) is 14.7 Å². The van der Waals surface area contributed by atoms with E-state index >= 15 is 0 Å². The first-order chi connectivity index (χ1) is 12.5. The van der Waals surface area contributed by atoms with Crippen LogP contribution in [0.1, 0.15) is 5.56 Å². The Labute approximate surface area is 148 Å². The van der Waals surface area contributed by atoms with E-state index in [0.717, 1.165) is 15.8 Å². The highest BCUT2D eigenvalue weighted by Crippen LogP contribution is 2.26. The number of aryl methyl sites for hydroxylation is 1. The highest BCUT2D eigenvalue weighted by molar-refractivity contribution is 5.86. The van der Waals surface area contributed by atoms with Crippen LogP contribution in [-0.4, -0.2) is 36.9 Å². The van der Waals surface area contributed by atoms with Gasteiger partial charge in [0.25, 0.3) is 5.56 Å². The number of hydrazine groups is 1. The molecular weight excluding hydrogens is 336 g/mol. The largest absolute Gasteiger partial charge is 0.394 e. The van der Waals surface area contributed by atoms with Crippen molar-refractivity contribution < 1.29 is 5.11 Å². The Bertz CT molecular complexity index is 1140. The molecule has 4 rings (SSSR count). The number of fused-ring (bicyclic) bond motifs is 3. The minimum atomic E-state index is -0.438. The van der Waals surface area contributed by atoms with Crippen LogP contribution in [0.15, 0.2) is 39.9 Å². The third-order valence-corrected chi connectivity index (χ3v) is 4.44. The van der Waals surface area contributed by atoms with Crippen molar-refractivity contribution in [1.82, 2.24) is 24.1 Å². The molecule has 0 atom stereocenters. The summed E-state index contributed by atoms with van der Waals surface area (Å²) < 4.78 is 4.06. The van der Waals surface area contributed by atoms with Crippen molar-refractivity contribution >= 4 is 29.0 Å². The predicted molar refractivity (Wildman–Crippen MR) is 98.4 cm³/mol. The molecule has 0 fully saturated rings. The van der Waals surface area contributed by atoms with Gasteiger partial charge in [0.15, 0.2) is 11.2 Å². The lowest BCUT2D eigenvalue weighted by Crippen LogP contribution is -2.43. The number of nitrogens with zero attached hydrogens (tertiary/aromatic N) is 5. The highest BCUT2D eigenvalue weighted by Gasteiger charge is 2.26. The second-order valence-corrected chi connectivity index (χ2v) is 6.06. The van der Waals surface area contributed by atoms with Crippen molar-refractivity contribution in [3.05, 3.63) is 56.7 Å². The third-order valence-electron chi connectivity index (χ3n) is 4.44. The van der Waals surface area contributed by atoms with Crippen LogP contribution in [0, 0.1) is 0 Å². The lowest BCUT2D eigenvalue weighted by Gasteiger charge is -2.30. The summed E-state index contributed by atoms with van der Waals surface area (Å²) in [5.41, 5.74) is 4.63. The zero-order valence-electron chi connectivity index (χ0n) is 14.4. The molecule has 0 aliphatic carbocycles. The van der Waals surface area contributed by atoms with E-state index in [0.29, 0.717) is 17.1 Å². The molecular formula is C17H18N6O3. The summed E-state index contributed by atoms with van der Waals surface area (Å²) in [6, 6.07) is 9.63. The van der Waals surface area contributed by atoms with Gasteiger partial charge in [-0.2, -0.15) is 4.98 Å². The fraction of sp³-hybridized carbons (Fsp3) is 0.235. The number of aromatic nitrogens is 4. The molecule has 9 heteroatoms. The molecule has 0 saturated heterocycles. The molecule has 0 bridgehead atoms. The first-order valence-corrected chi connectivity index (χ1v) is 8.13. The van der Waals surface area contributed by atoms with Gasteiger partial charge in [-0.05, 0) is 0 Å². The van der Waals surface area contributed by atoms with Crippen molar-refractivity contribution in [3.63, 3.8) is 0 Å². The molecule has 1 aromatic carbocycles. The Morgan fingerprint density at radius 1 is 1.12 bits per heavy atom. The summed E-state index contributed by atoms with van der Waals surface area (Å²) in [5.74, 6) is 0.437. The number of aliphatic hydroxyl groups excluding tert-OH is 1. The maximum Gasteiger partial charge on any atom is 0.332 e. The molecule has 1 aliphatic heterocycles. The van der Waals surface area contributed by atoms with Crippen LogP contribution in [0.4, 0.5) is 5.95 Å². The minimum absolute atomic E-state index is 0.102. The average molecular weight is 354 g/mol. The maximum absolute atomic E-state index is 12.7. The molecule has 0 radical (unpaired) electrons. The minimum Gasteiger partial charge on any atom is -0.394 e. The van der Waals surface area contributed by atoms with Crippen molar-refractivity contribution in [3.8, 4) is 0 Å². The van der Waals surface area contributed by atoms with E-state index < -0.39 is 11.2 Å². The van der Waals surface area contributed by atoms with E-state index in [-0.39, 0.29) is 13.2 Å². The molecule has 3 heterocycles. The fourth-order valence-corrected chi connectivity index (χ4v) is 3.08. The molecule has 26 heavy (non-hydrogen) atoms. The highest BCUT2D eigenvalue weighted by atomic mass is 16.3. The predicted octanol–water partition coefficient (Wildman–Crippen LogP) is -0.294. The Kier molecular flexibility index (Phi) is 3.66. The van der Waals surface area contributed by atoms with E-state index in [1.165, 1.54) is 11.6 Å². The molecule has 3 aromatic rings. The monoisotopic (exact) mass is 354 g/mol. The summed E-state index contributed by atoms with van der Waals surface area (Å²) in [7, 11) is 3.02. The quantitative estimate of drug-likeness (QED) is 0.671. The van der Waals surface area contributed by atoms with Gasteiger partial charge in [0, 0.05) is 25.9 Å². The van der Waals surface area contributed by atoms with Gasteiger partial charge >= 0.3 is 5.69 Å². The lowest BCUT2D eigenvalue weighted by molar-refractivity contribution is 0.298. The van der Waals surface area contributed by atoms with Gasteiger partial charge in [-0.25, -0.2) is 4.79 Å². The topological polar surface area (TPSA) is 97.3 Å². The van der Waals surface area contributed by atoms with E-state index in [2.05, 4.69) is 10.4 Å². The van der Waals surface area contributed by atoms with Crippen molar-refractivity contribution in [2.24, 2.45) is 14.1 Å². The second-order valence-electron chi connectivity index (χ2n) is 6.06. The Balaban J connectivity index is 2.05. The van der Waals surface area contributed by atoms with Gasteiger partial charge in [0.05, 0.1) is 18.8 Å². The number of β-amino-alcohol motifs (C(OH)–C–C–N with tert-alkyl or cyclic N) is 1. The van der Waals surface area contributed by atoms with E-state index in [4.69, 9.17) is 0 Å². The van der Waals surface area contributed by atoms with Gasteiger partial charge in [0.2, 0.25) is 5.95 Å². The van der Waals surface area contributed by atoms with Crippen molar-refractivity contribution in [2.75, 3.05) is 18.2 Å². The van der Waals surface area contributed by atoms with Crippen LogP contribution in [0.2, 0.25) is 0 Å². The van der Waals surface area contributed by atoms with Gasteiger partial charge in [-0.15, -0.1) is 0 Å². The number of aliphatic hydroxyl groups is 1. The summed E-state index contributed by atoms with van der Waals surface area (Å²) in [4.78, 5) is 29.4. The second kappa shape index (κ2) is 5.88. The van der Waals surface area contributed by atoms with Crippen LogP contribution in [0.3, 0.4) is 0 Å². The van der Waals surface area contributed by atoms with E-state index in [1.54, 1.807) is 22.8 Å². The number of nitrogens with one attached hydrogen (secondary N) is 1. The number of hydrogen-bond acceptors (Lipinski definition) is 6. The number of hydrogen-bond donors (Lipinski definition) is 2. The van der Waals surface area contributed by atoms with Crippen LogP contribution in [0.5, 0.6) is 0 Å². The standard InChI is InChI=1S/C17H18N6O3/c1-20-14-13(15(25)21(2)17(20)26)22-10-12(11-6-4-3-5-7-11)19-23(8-9-24)16(22)18-14/h3-7,10,19,24H,8-9H2,1-2H3. The SMILES string of the molecule is Cn1c(=O)c2c(nc3n2C=C(c2ccccc2)NN3CCO)n(C)c1=O. The van der Waals surface area contributed by atoms with Crippen LogP contribution < -0.4 is 21.7 Å². The fourth-order valence-electron chi connectivity index (χ4n) is 3.08. The summed E-state index contributed by atoms with van der Waals surface area (Å²) in [5, 5.41) is 11.1. The number of imidazole rings is 1. The van der Waals surface area contributed by atoms with Crippen LogP contribution in [0.25, 0.3) is 23.1 Å². The van der Waals surface area contributed by atoms with Gasteiger partial charge in [0.1, 0.15) is 0 Å². The molecule has 0 saturated carbocycles. The molecule has 0 spiro atoms.